The number of rotatable bonds is 8. The van der Waals surface area contributed by atoms with Crippen molar-refractivity contribution in [3.8, 4) is 0 Å². The molecule has 0 rings (SSSR count). The van der Waals surface area contributed by atoms with E-state index in [2.05, 4.69) is 26.3 Å². The topological polar surface area (TPSA) is 26.0 Å². The summed E-state index contributed by atoms with van der Waals surface area (Å²) in [7, 11) is 0. The van der Waals surface area contributed by atoms with E-state index < -0.39 is 18.8 Å². The van der Waals surface area contributed by atoms with Gasteiger partial charge in [-0.15, -0.1) is 0 Å². The van der Waals surface area contributed by atoms with E-state index in [9.17, 15) is 0 Å². The fraction of sp³-hybridized carbons (Fsp3) is 0.333. The molecule has 0 heterocycles. The molecule has 79 valence electrons. The first-order chi connectivity index (χ1) is 6.54. The normalized spacial score (nSPS) is 13.6. The second kappa shape index (κ2) is 5.62. The first-order valence-corrected chi connectivity index (χ1v) is 17.2. The molecule has 0 unspecified atom stereocenters. The molecule has 0 aliphatic rings. The van der Waals surface area contributed by atoms with Crippen molar-refractivity contribution in [2.24, 2.45) is 3.72 Å². The maximum absolute atomic E-state index is 6.70. The van der Waals surface area contributed by atoms with E-state index in [4.69, 9.17) is 3.72 Å². The molecule has 0 amide bonds. The van der Waals surface area contributed by atoms with Crippen molar-refractivity contribution in [1.82, 2.24) is 0 Å². The molecular weight excluding hydrogens is 337 g/mol. The summed E-state index contributed by atoms with van der Waals surface area (Å²) in [5, 5.41) is 0. The van der Waals surface area contributed by atoms with Crippen LogP contribution in [0.4, 0.5) is 0 Å². The van der Waals surface area contributed by atoms with Crippen molar-refractivity contribution in [1.29, 1.82) is 0 Å². The molecule has 0 saturated heterocycles. The van der Waals surface area contributed by atoms with Crippen molar-refractivity contribution in [2.45, 2.75) is 16.7 Å². The zero-order valence-corrected chi connectivity index (χ0v) is 12.6. The molecule has 1 nitrogen and oxygen atoms in total. The summed E-state index contributed by atoms with van der Waals surface area (Å²) in [5.74, 6) is 0. The average molecular weight is 359 g/mol. The Balaban J connectivity index is 5.05. The van der Waals surface area contributed by atoms with E-state index in [1.54, 1.807) is 0 Å². The summed E-state index contributed by atoms with van der Waals surface area (Å²) in [6, 6.07) is 0. The molecule has 2 N–H and O–H groups in total. The number of allylic oxidation sites excluding steroid dienone is 4. The summed E-state index contributed by atoms with van der Waals surface area (Å²) in [6.45, 7) is 15.2. The Kier molecular flexibility index (Phi) is 5.53. The first kappa shape index (κ1) is 13.8. The molecule has 0 radical (unpaired) electrons. The fourth-order valence-electron chi connectivity index (χ4n) is 2.06. The molecule has 0 bridgehead atoms. The summed E-state index contributed by atoms with van der Waals surface area (Å²) in [5.41, 5.74) is 0. The van der Waals surface area contributed by atoms with Gasteiger partial charge in [0.1, 0.15) is 0 Å². The second-order valence-corrected chi connectivity index (χ2v) is 26.8. The third-order valence-electron chi connectivity index (χ3n) is 2.78. The van der Waals surface area contributed by atoms with Crippen molar-refractivity contribution in [3.05, 3.63) is 50.6 Å². The molecule has 14 heavy (non-hydrogen) atoms. The van der Waals surface area contributed by atoms with Crippen LogP contribution in [0.15, 0.2) is 50.6 Å². The Bertz CT molecular complexity index is 191. The first-order valence-electron chi connectivity index (χ1n) is 4.97. The van der Waals surface area contributed by atoms with E-state index in [-0.39, 0.29) is 0 Å². The van der Waals surface area contributed by atoms with Gasteiger partial charge in [0, 0.05) is 0 Å². The Hall–Kier alpha value is -0.210. The molecular formula is C12H22HfN. The van der Waals surface area contributed by atoms with Crippen LogP contribution in [-0.4, -0.2) is 0 Å². The van der Waals surface area contributed by atoms with Crippen LogP contribution in [0.2, 0.25) is 16.7 Å². The van der Waals surface area contributed by atoms with Gasteiger partial charge >= 0.3 is 89.8 Å². The van der Waals surface area contributed by atoms with E-state index in [1.165, 1.54) is 0 Å². The van der Waals surface area contributed by atoms with E-state index in [0.717, 1.165) is 16.7 Å². The molecule has 0 aliphatic carbocycles. The molecule has 2 heteroatoms. The van der Waals surface area contributed by atoms with Crippen LogP contribution < -0.4 is 3.72 Å². The van der Waals surface area contributed by atoms with Gasteiger partial charge in [0.2, 0.25) is 0 Å². The third kappa shape index (κ3) is 3.50. The van der Waals surface area contributed by atoms with Crippen LogP contribution in [0.5, 0.6) is 0 Å². The van der Waals surface area contributed by atoms with Gasteiger partial charge in [0.05, 0.1) is 0 Å². The van der Waals surface area contributed by atoms with Gasteiger partial charge in [0.15, 0.2) is 0 Å². The molecule has 0 atom stereocenters. The molecule has 0 spiro atoms. The van der Waals surface area contributed by atoms with Gasteiger partial charge in [-0.3, -0.25) is 0 Å². The quantitative estimate of drug-likeness (QED) is 0.515. The zero-order chi connectivity index (χ0) is 11.1. The van der Waals surface area contributed by atoms with Crippen molar-refractivity contribution in [3.63, 3.8) is 0 Å². The number of nitrogens with two attached hydrogens (primary N) is 1. The molecule has 0 saturated carbocycles. The standard InChI is InChI=1S/4C3H5.Hf.H2N/c4*1-3-2;;/h4*3H,1-2H2;;1H2/q;;;;+1;-1. The van der Waals surface area contributed by atoms with Crippen molar-refractivity contribution >= 4 is 0 Å². The maximum atomic E-state index is 6.70. The predicted molar refractivity (Wildman–Crippen MR) is 64.2 cm³/mol. The molecule has 0 aromatic rings. The molecule has 0 aromatic heterocycles. The van der Waals surface area contributed by atoms with E-state index >= 15 is 0 Å². The van der Waals surface area contributed by atoms with Gasteiger partial charge in [0.25, 0.3) is 0 Å². The second-order valence-electron chi connectivity index (χ2n) is 4.29. The van der Waals surface area contributed by atoms with Crippen LogP contribution in [0.1, 0.15) is 0 Å². The summed E-state index contributed by atoms with van der Waals surface area (Å²) >= 11 is -3.29. The predicted octanol–water partition coefficient (Wildman–Crippen LogP) is 3.97. The Morgan fingerprint density at radius 1 is 0.714 bits per heavy atom. The summed E-state index contributed by atoms with van der Waals surface area (Å²) in [6.07, 6.45) is 7.80. The average Bonchev–Trinajstić information content (AvgIpc) is 2.05. The van der Waals surface area contributed by atoms with Crippen LogP contribution >= 0.6 is 0 Å². The van der Waals surface area contributed by atoms with Gasteiger partial charge in [-0.05, 0) is 0 Å². The fourth-order valence-corrected chi connectivity index (χ4v) is 16.8. The molecule has 0 fully saturated rings. The Morgan fingerprint density at radius 3 is 1.07 bits per heavy atom. The summed E-state index contributed by atoms with van der Waals surface area (Å²) in [4.78, 5) is 0. The minimum absolute atomic E-state index is 0.960. The van der Waals surface area contributed by atoms with E-state index in [0.29, 0.717) is 0 Å². The molecule has 0 aromatic carbocycles. The minimum atomic E-state index is -3.29. The molecule has 0 aliphatic heterocycles. The monoisotopic (exact) mass is 360 g/mol. The van der Waals surface area contributed by atoms with Gasteiger partial charge in [-0.25, -0.2) is 0 Å². The SMILES string of the molecule is C=C[CH2][Hf]([NH2])([CH2]C=C)([CH2]C=C)[CH2]C=C. The number of hydrogen-bond acceptors (Lipinski definition) is 1. The van der Waals surface area contributed by atoms with E-state index in [1.807, 2.05) is 24.3 Å². The van der Waals surface area contributed by atoms with Crippen LogP contribution in [-0.2, 0) is 18.8 Å². The zero-order valence-electron chi connectivity index (χ0n) is 9.04. The Labute approximate surface area is 89.6 Å². The van der Waals surface area contributed by atoms with Gasteiger partial charge in [-0.1, -0.05) is 0 Å². The van der Waals surface area contributed by atoms with Crippen molar-refractivity contribution in [2.75, 3.05) is 0 Å². The number of hydrogen-bond donors (Lipinski definition) is 1. The van der Waals surface area contributed by atoms with Gasteiger partial charge in [-0.2, -0.15) is 0 Å². The summed E-state index contributed by atoms with van der Waals surface area (Å²) < 4.78 is 10.5. The van der Waals surface area contributed by atoms with Gasteiger partial charge < -0.3 is 0 Å². The Morgan fingerprint density at radius 2 is 0.929 bits per heavy atom. The van der Waals surface area contributed by atoms with Crippen LogP contribution in [0.25, 0.3) is 0 Å². The van der Waals surface area contributed by atoms with Crippen LogP contribution in [0, 0.1) is 0 Å². The third-order valence-corrected chi connectivity index (χ3v) is 22.8. The van der Waals surface area contributed by atoms with Crippen molar-refractivity contribution < 1.29 is 18.8 Å². The van der Waals surface area contributed by atoms with Crippen LogP contribution in [0.3, 0.4) is 0 Å².